The van der Waals surface area contributed by atoms with Crippen molar-refractivity contribution < 1.29 is 23.0 Å². The molecule has 3 heterocycles. The number of rotatable bonds is 5. The number of nitrogens with zero attached hydrogens (tertiary/aromatic N) is 5. The number of nitriles is 1. The van der Waals surface area contributed by atoms with Crippen molar-refractivity contribution in [3.8, 4) is 23.1 Å². The Morgan fingerprint density at radius 1 is 1.05 bits per heavy atom. The molecule has 0 saturated carbocycles. The van der Waals surface area contributed by atoms with Crippen LogP contribution in [0.25, 0.3) is 22.3 Å². The molecule has 0 aliphatic carbocycles. The zero-order valence-corrected chi connectivity index (χ0v) is 21.6. The van der Waals surface area contributed by atoms with E-state index in [4.69, 9.17) is 21.1 Å². The number of amides is 1. The number of carbonyl (C=O) groups is 1. The Morgan fingerprint density at radius 3 is 2.49 bits per heavy atom. The first-order valence-electron chi connectivity index (χ1n) is 12.0. The molecule has 39 heavy (non-hydrogen) atoms. The smallest absolute Gasteiger partial charge is 0.410 e. The second-order valence-corrected chi connectivity index (χ2v) is 9.12. The van der Waals surface area contributed by atoms with Gasteiger partial charge in [-0.25, -0.2) is 23.5 Å². The van der Waals surface area contributed by atoms with Crippen molar-refractivity contribution in [2.24, 2.45) is 0 Å². The van der Waals surface area contributed by atoms with Gasteiger partial charge in [-0.2, -0.15) is 5.26 Å². The number of methoxy groups -OCH3 is 1. The van der Waals surface area contributed by atoms with E-state index in [1.807, 2.05) is 41.3 Å². The van der Waals surface area contributed by atoms with Crippen LogP contribution in [0, 0.1) is 23.0 Å². The van der Waals surface area contributed by atoms with E-state index < -0.39 is 17.7 Å². The van der Waals surface area contributed by atoms with E-state index in [2.05, 4.69) is 9.97 Å². The van der Waals surface area contributed by atoms with E-state index in [-0.39, 0.29) is 45.4 Å². The summed E-state index contributed by atoms with van der Waals surface area (Å²) in [6, 6.07) is 16.7. The molecule has 0 bridgehead atoms. The molecule has 2 aromatic heterocycles. The molecular weight excluding hydrogens is 528 g/mol. The van der Waals surface area contributed by atoms with Crippen LogP contribution in [-0.4, -0.2) is 54.2 Å². The lowest BCUT2D eigenvalue weighted by Gasteiger charge is -2.36. The van der Waals surface area contributed by atoms with Crippen molar-refractivity contribution in [3.63, 3.8) is 0 Å². The van der Waals surface area contributed by atoms with Gasteiger partial charge in [-0.1, -0.05) is 48.0 Å². The maximum atomic E-state index is 15.5. The fraction of sp³-hybridized carbons (Fsp3) is 0.214. The average Bonchev–Trinajstić information content (AvgIpc) is 2.96. The van der Waals surface area contributed by atoms with Gasteiger partial charge in [0.15, 0.2) is 16.6 Å². The van der Waals surface area contributed by atoms with E-state index in [1.165, 1.54) is 31.4 Å². The molecule has 1 aliphatic rings. The van der Waals surface area contributed by atoms with Crippen LogP contribution < -0.4 is 9.64 Å². The number of ether oxygens (including phenoxy) is 2. The predicted molar refractivity (Wildman–Crippen MR) is 142 cm³/mol. The number of carbonyl (C=O) groups excluding carboxylic acids is 1. The maximum absolute atomic E-state index is 15.5. The van der Waals surface area contributed by atoms with Crippen LogP contribution in [-0.2, 0) is 11.3 Å². The molecule has 1 fully saturated rings. The minimum Gasteiger partial charge on any atom is -0.496 e. The van der Waals surface area contributed by atoms with Crippen molar-refractivity contribution >= 4 is 34.4 Å². The molecule has 4 aromatic rings. The first-order valence-corrected chi connectivity index (χ1v) is 12.4. The molecule has 0 unspecified atom stereocenters. The first kappa shape index (κ1) is 26.1. The van der Waals surface area contributed by atoms with Gasteiger partial charge in [-0.3, -0.25) is 0 Å². The van der Waals surface area contributed by atoms with Gasteiger partial charge in [0.1, 0.15) is 35.5 Å². The van der Waals surface area contributed by atoms with Gasteiger partial charge in [-0.15, -0.1) is 0 Å². The highest BCUT2D eigenvalue weighted by molar-refractivity contribution is 6.31. The van der Waals surface area contributed by atoms with E-state index in [9.17, 15) is 14.4 Å². The highest BCUT2D eigenvalue weighted by Crippen LogP contribution is 2.38. The summed E-state index contributed by atoms with van der Waals surface area (Å²) >= 11 is 6.36. The van der Waals surface area contributed by atoms with Gasteiger partial charge in [0, 0.05) is 31.6 Å². The van der Waals surface area contributed by atoms with Gasteiger partial charge in [0.2, 0.25) is 0 Å². The van der Waals surface area contributed by atoms with Gasteiger partial charge in [0.25, 0.3) is 0 Å². The third kappa shape index (κ3) is 5.13. The molecule has 2 aromatic carbocycles. The van der Waals surface area contributed by atoms with Crippen LogP contribution in [0.2, 0.25) is 5.15 Å². The Bertz CT molecular complexity index is 1590. The summed E-state index contributed by atoms with van der Waals surface area (Å²) in [6.45, 7) is 1.42. The van der Waals surface area contributed by atoms with Crippen molar-refractivity contribution in [1.29, 1.82) is 5.26 Å². The second kappa shape index (κ2) is 11.1. The Morgan fingerprint density at radius 2 is 1.79 bits per heavy atom. The molecule has 0 spiro atoms. The zero-order chi connectivity index (χ0) is 27.5. The highest BCUT2D eigenvalue weighted by atomic mass is 35.5. The fourth-order valence-electron chi connectivity index (χ4n) is 4.55. The molecule has 11 heteroatoms. The minimum atomic E-state index is -0.816. The molecule has 8 nitrogen and oxygen atoms in total. The first-order chi connectivity index (χ1) is 18.9. The fourth-order valence-corrected chi connectivity index (χ4v) is 4.76. The zero-order valence-electron chi connectivity index (χ0n) is 20.8. The molecule has 0 radical (unpaired) electrons. The quantitative estimate of drug-likeness (QED) is 0.301. The molecular formula is C28H22ClF2N5O3. The SMILES string of the molecule is COc1cccc(F)c1-c1nc2nc(Cl)c(C#N)c(N3CCN(C(=O)OCc4ccccc4)CC3)c2cc1F. The third-order valence-corrected chi connectivity index (χ3v) is 6.73. The Balaban J connectivity index is 1.44. The summed E-state index contributed by atoms with van der Waals surface area (Å²) in [5.74, 6) is -1.42. The number of hydrogen-bond acceptors (Lipinski definition) is 7. The lowest BCUT2D eigenvalue weighted by molar-refractivity contribution is 0.0942. The second-order valence-electron chi connectivity index (χ2n) is 8.76. The summed E-state index contributed by atoms with van der Waals surface area (Å²) in [4.78, 5) is 24.5. The van der Waals surface area contributed by atoms with Gasteiger partial charge < -0.3 is 19.3 Å². The topological polar surface area (TPSA) is 91.6 Å². The summed E-state index contributed by atoms with van der Waals surface area (Å²) in [6.07, 6.45) is -0.451. The van der Waals surface area contributed by atoms with Gasteiger partial charge in [0.05, 0.1) is 18.4 Å². The minimum absolute atomic E-state index is 0.0420. The number of halogens is 3. The lowest BCUT2D eigenvalue weighted by Crippen LogP contribution is -2.49. The van der Waals surface area contributed by atoms with Gasteiger partial charge in [-0.05, 0) is 23.8 Å². The molecule has 5 rings (SSSR count). The van der Waals surface area contributed by atoms with Crippen molar-refractivity contribution in [3.05, 3.63) is 82.5 Å². The normalized spacial score (nSPS) is 13.3. The number of piperazine rings is 1. The van der Waals surface area contributed by atoms with Crippen LogP contribution in [0.4, 0.5) is 19.3 Å². The summed E-state index contributed by atoms with van der Waals surface area (Å²) in [5.41, 5.74) is 0.891. The number of pyridine rings is 2. The van der Waals surface area contributed by atoms with E-state index in [0.717, 1.165) is 5.56 Å². The van der Waals surface area contributed by atoms with Crippen LogP contribution >= 0.6 is 11.6 Å². The molecule has 1 amide bonds. The van der Waals surface area contributed by atoms with E-state index in [1.54, 1.807) is 4.90 Å². The molecule has 198 valence electrons. The largest absolute Gasteiger partial charge is 0.496 e. The summed E-state index contributed by atoms with van der Waals surface area (Å²) in [7, 11) is 1.35. The summed E-state index contributed by atoms with van der Waals surface area (Å²) < 4.78 is 40.8. The van der Waals surface area contributed by atoms with Gasteiger partial charge >= 0.3 is 6.09 Å². The number of benzene rings is 2. The highest BCUT2D eigenvalue weighted by Gasteiger charge is 2.28. The Kier molecular flexibility index (Phi) is 7.43. The lowest BCUT2D eigenvalue weighted by atomic mass is 10.1. The van der Waals surface area contributed by atoms with Crippen molar-refractivity contribution in [2.75, 3.05) is 38.2 Å². The van der Waals surface area contributed by atoms with Crippen LogP contribution in [0.15, 0.2) is 54.6 Å². The monoisotopic (exact) mass is 549 g/mol. The van der Waals surface area contributed by atoms with Crippen LogP contribution in [0.5, 0.6) is 5.75 Å². The number of anilines is 1. The number of fused-ring (bicyclic) bond motifs is 1. The molecule has 1 saturated heterocycles. The van der Waals surface area contributed by atoms with Crippen molar-refractivity contribution in [2.45, 2.75) is 6.61 Å². The Hall–Kier alpha value is -4.49. The predicted octanol–water partition coefficient (Wildman–Crippen LogP) is 5.57. The average molecular weight is 550 g/mol. The summed E-state index contributed by atoms with van der Waals surface area (Å²) in [5, 5.41) is 9.98. The molecule has 0 N–H and O–H groups in total. The standard InChI is InChI=1S/C28H22ClF2N5O3/c1-38-22-9-5-8-20(30)23(22)24-21(31)14-18-25(19(15-32)26(29)34-27(18)33-24)35-10-12-36(13-11-35)28(37)39-16-17-6-3-2-4-7-17/h2-9,14H,10-13,16H2,1H3. The van der Waals surface area contributed by atoms with Crippen LogP contribution in [0.3, 0.4) is 0 Å². The molecule has 1 aliphatic heterocycles. The Labute approximate surface area is 228 Å². The van der Waals surface area contributed by atoms with Crippen molar-refractivity contribution in [1.82, 2.24) is 14.9 Å². The van der Waals surface area contributed by atoms with E-state index >= 15 is 4.39 Å². The van der Waals surface area contributed by atoms with Crippen LogP contribution in [0.1, 0.15) is 11.1 Å². The number of aromatic nitrogens is 2. The van der Waals surface area contributed by atoms with E-state index in [0.29, 0.717) is 31.9 Å². The third-order valence-electron chi connectivity index (χ3n) is 6.46. The number of hydrogen-bond donors (Lipinski definition) is 0. The molecule has 0 atom stereocenters. The maximum Gasteiger partial charge on any atom is 0.410 e.